The number of thiazole rings is 1. The Morgan fingerprint density at radius 1 is 1.00 bits per heavy atom. The molecule has 0 atom stereocenters. The number of ether oxygens (including phenoxy) is 1. The van der Waals surface area contributed by atoms with Gasteiger partial charge in [-0.15, -0.1) is 11.3 Å². The van der Waals surface area contributed by atoms with Gasteiger partial charge in [0.1, 0.15) is 17.4 Å². The summed E-state index contributed by atoms with van der Waals surface area (Å²) in [7, 11) is 0. The van der Waals surface area contributed by atoms with Gasteiger partial charge < -0.3 is 4.74 Å². The van der Waals surface area contributed by atoms with Crippen LogP contribution in [0.2, 0.25) is 0 Å². The third-order valence-corrected chi connectivity index (χ3v) is 6.09. The van der Waals surface area contributed by atoms with Crippen molar-refractivity contribution in [3.8, 4) is 34.2 Å². The first kappa shape index (κ1) is 23.9. The van der Waals surface area contributed by atoms with Crippen LogP contribution in [0.25, 0.3) is 28.5 Å². The number of anilines is 1. The fourth-order valence-electron chi connectivity index (χ4n) is 3.40. The molecule has 174 valence electrons. The summed E-state index contributed by atoms with van der Waals surface area (Å²) in [4.78, 5) is 17.2. The van der Waals surface area contributed by atoms with E-state index in [1.807, 2.05) is 66.0 Å². The number of nitriles is 1. The van der Waals surface area contributed by atoms with E-state index >= 15 is 0 Å². The predicted molar refractivity (Wildman–Crippen MR) is 142 cm³/mol. The van der Waals surface area contributed by atoms with Crippen molar-refractivity contribution in [1.29, 1.82) is 5.26 Å². The molecule has 4 rings (SSSR count). The highest BCUT2D eigenvalue weighted by atomic mass is 32.1. The van der Waals surface area contributed by atoms with E-state index in [0.29, 0.717) is 11.7 Å². The Kier molecular flexibility index (Phi) is 8.05. The molecule has 1 N–H and O–H groups in total. The second-order valence-electron chi connectivity index (χ2n) is 7.88. The van der Waals surface area contributed by atoms with Gasteiger partial charge in [-0.25, -0.2) is 4.98 Å². The number of hydrogen-bond donors (Lipinski definition) is 1. The van der Waals surface area contributed by atoms with E-state index in [1.54, 1.807) is 6.08 Å². The molecule has 0 saturated carbocycles. The Bertz CT molecular complexity index is 1340. The van der Waals surface area contributed by atoms with Crippen LogP contribution in [0, 0.1) is 11.3 Å². The third kappa shape index (κ3) is 6.44. The molecule has 0 spiro atoms. The van der Waals surface area contributed by atoms with E-state index < -0.39 is 5.91 Å². The quantitative estimate of drug-likeness (QED) is 0.156. The molecule has 0 aliphatic heterocycles. The van der Waals surface area contributed by atoms with E-state index in [2.05, 4.69) is 41.5 Å². The van der Waals surface area contributed by atoms with Gasteiger partial charge in [0.25, 0.3) is 5.91 Å². The predicted octanol–water partition coefficient (Wildman–Crippen LogP) is 7.20. The Balaban J connectivity index is 1.41. The lowest BCUT2D eigenvalue weighted by molar-refractivity contribution is -0.112. The standard InChI is InChI=1S/C29H25N3O2S/c1-2-3-17-34-26-15-9-21(10-16-26)18-25(19-30)28(33)32-29-31-27(20-35-29)24-13-11-23(12-14-24)22-7-5-4-6-8-22/h4-16,18,20H,2-3,17H2,1H3,(H,31,32,33)/b25-18+. The zero-order valence-electron chi connectivity index (χ0n) is 19.4. The van der Waals surface area contributed by atoms with E-state index in [-0.39, 0.29) is 5.57 Å². The van der Waals surface area contributed by atoms with Gasteiger partial charge in [0.15, 0.2) is 5.13 Å². The number of nitrogens with zero attached hydrogens (tertiary/aromatic N) is 2. The van der Waals surface area contributed by atoms with Crippen LogP contribution >= 0.6 is 11.3 Å². The van der Waals surface area contributed by atoms with Gasteiger partial charge in [-0.3, -0.25) is 10.1 Å². The van der Waals surface area contributed by atoms with Gasteiger partial charge >= 0.3 is 0 Å². The highest BCUT2D eigenvalue weighted by molar-refractivity contribution is 7.14. The zero-order chi connectivity index (χ0) is 24.5. The van der Waals surface area contributed by atoms with Crippen molar-refractivity contribution in [2.75, 3.05) is 11.9 Å². The van der Waals surface area contributed by atoms with Gasteiger partial charge in [-0.1, -0.05) is 80.1 Å². The van der Waals surface area contributed by atoms with E-state index in [9.17, 15) is 10.1 Å². The molecule has 0 radical (unpaired) electrons. The fourth-order valence-corrected chi connectivity index (χ4v) is 4.12. The first-order valence-corrected chi connectivity index (χ1v) is 12.3. The number of carbonyl (C=O) groups excluding carboxylic acids is 1. The summed E-state index contributed by atoms with van der Waals surface area (Å²) >= 11 is 1.32. The van der Waals surface area contributed by atoms with E-state index in [0.717, 1.165) is 46.5 Å². The van der Waals surface area contributed by atoms with Crippen molar-refractivity contribution >= 4 is 28.5 Å². The molecule has 6 heteroatoms. The molecule has 0 aliphatic carbocycles. The number of nitrogens with one attached hydrogen (secondary N) is 1. The number of amides is 1. The molecule has 1 heterocycles. The van der Waals surface area contributed by atoms with Crippen LogP contribution in [0.1, 0.15) is 25.3 Å². The normalized spacial score (nSPS) is 11.0. The summed E-state index contributed by atoms with van der Waals surface area (Å²) in [6, 6.07) is 27.6. The second-order valence-corrected chi connectivity index (χ2v) is 8.73. The van der Waals surface area contributed by atoms with Gasteiger partial charge in [0.05, 0.1) is 12.3 Å². The number of aromatic nitrogens is 1. The van der Waals surface area contributed by atoms with Gasteiger partial charge in [-0.05, 0) is 41.3 Å². The lowest BCUT2D eigenvalue weighted by atomic mass is 10.0. The number of benzene rings is 3. The van der Waals surface area contributed by atoms with Crippen LogP contribution in [0.15, 0.2) is 89.8 Å². The maximum absolute atomic E-state index is 12.7. The first-order valence-electron chi connectivity index (χ1n) is 11.4. The number of rotatable bonds is 9. The van der Waals surface area contributed by atoms with Crippen LogP contribution in [0.4, 0.5) is 5.13 Å². The minimum atomic E-state index is -0.490. The molecule has 0 saturated heterocycles. The molecule has 0 unspecified atom stereocenters. The molecular weight excluding hydrogens is 454 g/mol. The van der Waals surface area contributed by atoms with Gasteiger partial charge in [-0.2, -0.15) is 5.26 Å². The molecule has 1 aromatic heterocycles. The summed E-state index contributed by atoms with van der Waals surface area (Å²) in [6.07, 6.45) is 3.63. The zero-order valence-corrected chi connectivity index (χ0v) is 20.2. The monoisotopic (exact) mass is 479 g/mol. The van der Waals surface area contributed by atoms with E-state index in [4.69, 9.17) is 4.74 Å². The van der Waals surface area contributed by atoms with Crippen molar-refractivity contribution < 1.29 is 9.53 Å². The van der Waals surface area contributed by atoms with Gasteiger partial charge in [0.2, 0.25) is 0 Å². The smallest absolute Gasteiger partial charge is 0.268 e. The van der Waals surface area contributed by atoms with Crippen molar-refractivity contribution in [1.82, 2.24) is 4.98 Å². The molecular formula is C29H25N3O2S. The van der Waals surface area contributed by atoms with Crippen molar-refractivity contribution in [2.24, 2.45) is 0 Å². The second kappa shape index (κ2) is 11.8. The maximum Gasteiger partial charge on any atom is 0.268 e. The number of hydrogen-bond acceptors (Lipinski definition) is 5. The van der Waals surface area contributed by atoms with Crippen LogP contribution in [0.5, 0.6) is 5.75 Å². The van der Waals surface area contributed by atoms with Crippen molar-refractivity contribution in [2.45, 2.75) is 19.8 Å². The Hall–Kier alpha value is -4.21. The minimum absolute atomic E-state index is 0.00798. The maximum atomic E-state index is 12.7. The van der Waals surface area contributed by atoms with Crippen LogP contribution in [0.3, 0.4) is 0 Å². The van der Waals surface area contributed by atoms with Crippen molar-refractivity contribution in [3.05, 3.63) is 95.4 Å². The minimum Gasteiger partial charge on any atom is -0.494 e. The molecule has 5 nitrogen and oxygen atoms in total. The van der Waals surface area contributed by atoms with Crippen LogP contribution < -0.4 is 10.1 Å². The van der Waals surface area contributed by atoms with Gasteiger partial charge in [0, 0.05) is 10.9 Å². The summed E-state index contributed by atoms with van der Waals surface area (Å²) in [5, 5.41) is 14.6. The molecule has 0 fully saturated rings. The Morgan fingerprint density at radius 3 is 2.37 bits per heavy atom. The SMILES string of the molecule is CCCCOc1ccc(/C=C(\C#N)C(=O)Nc2nc(-c3ccc(-c4ccccc4)cc3)cs2)cc1. The topological polar surface area (TPSA) is 75.0 Å². The highest BCUT2D eigenvalue weighted by Gasteiger charge is 2.13. The molecule has 35 heavy (non-hydrogen) atoms. The molecule has 1 amide bonds. The average molecular weight is 480 g/mol. The Labute approximate surface area is 209 Å². The lowest BCUT2D eigenvalue weighted by Gasteiger charge is -2.05. The van der Waals surface area contributed by atoms with Crippen LogP contribution in [-0.2, 0) is 4.79 Å². The number of carbonyl (C=O) groups is 1. The molecule has 0 bridgehead atoms. The molecule has 3 aromatic carbocycles. The van der Waals surface area contributed by atoms with E-state index in [1.165, 1.54) is 11.3 Å². The average Bonchev–Trinajstić information content (AvgIpc) is 3.37. The Morgan fingerprint density at radius 2 is 1.69 bits per heavy atom. The fraction of sp³-hybridized carbons (Fsp3) is 0.138. The molecule has 4 aromatic rings. The largest absolute Gasteiger partial charge is 0.494 e. The first-order chi connectivity index (χ1) is 17.2. The number of unbranched alkanes of at least 4 members (excludes halogenated alkanes) is 1. The summed E-state index contributed by atoms with van der Waals surface area (Å²) in [6.45, 7) is 2.78. The highest BCUT2D eigenvalue weighted by Crippen LogP contribution is 2.28. The van der Waals surface area contributed by atoms with Crippen LogP contribution in [-0.4, -0.2) is 17.5 Å². The lowest BCUT2D eigenvalue weighted by Crippen LogP contribution is -2.13. The third-order valence-electron chi connectivity index (χ3n) is 5.34. The summed E-state index contributed by atoms with van der Waals surface area (Å²) in [5.41, 5.74) is 4.76. The molecule has 0 aliphatic rings. The summed E-state index contributed by atoms with van der Waals surface area (Å²) in [5.74, 6) is 0.279. The van der Waals surface area contributed by atoms with Crippen molar-refractivity contribution in [3.63, 3.8) is 0 Å². The summed E-state index contributed by atoms with van der Waals surface area (Å²) < 4.78 is 5.66.